The first-order valence-electron chi connectivity index (χ1n) is 9.65. The molecule has 2 aromatic rings. The summed E-state index contributed by atoms with van der Waals surface area (Å²) in [7, 11) is 0. The highest BCUT2D eigenvalue weighted by molar-refractivity contribution is 8.00. The van der Waals surface area contributed by atoms with E-state index in [4.69, 9.17) is 5.73 Å². The van der Waals surface area contributed by atoms with Crippen molar-refractivity contribution in [3.05, 3.63) is 84.4 Å². The van der Waals surface area contributed by atoms with Crippen molar-refractivity contribution in [2.45, 2.75) is 29.0 Å². The van der Waals surface area contributed by atoms with Crippen molar-refractivity contribution >= 4 is 23.6 Å². The number of carbonyl (C=O) groups is 2. The van der Waals surface area contributed by atoms with Gasteiger partial charge in [-0.05, 0) is 17.5 Å². The molecule has 5 nitrogen and oxygen atoms in total. The van der Waals surface area contributed by atoms with Crippen molar-refractivity contribution < 1.29 is 14.7 Å². The van der Waals surface area contributed by atoms with Crippen LogP contribution >= 0.6 is 11.8 Å². The zero-order chi connectivity index (χ0) is 20.6. The van der Waals surface area contributed by atoms with Crippen LogP contribution in [0, 0.1) is 5.41 Å². The molecule has 0 radical (unpaired) electrons. The third-order valence-corrected chi connectivity index (χ3v) is 7.86. The van der Waals surface area contributed by atoms with Crippen LogP contribution in [0.15, 0.2) is 73.3 Å². The molecular formula is C23H24N2O3S. The lowest BCUT2D eigenvalue weighted by molar-refractivity contribution is -0.158. The third kappa shape index (κ3) is 3.16. The van der Waals surface area contributed by atoms with E-state index in [-0.39, 0.29) is 35.4 Å². The van der Waals surface area contributed by atoms with Gasteiger partial charge in [0.25, 0.3) is 0 Å². The smallest absolute Gasteiger partial charge is 0.312 e. The summed E-state index contributed by atoms with van der Waals surface area (Å²) in [5.74, 6) is -1.23. The van der Waals surface area contributed by atoms with Gasteiger partial charge in [0.05, 0.1) is 0 Å². The molecule has 6 heteroatoms. The molecule has 4 rings (SSSR count). The molecule has 0 spiro atoms. The zero-order valence-electron chi connectivity index (χ0n) is 16.0. The quantitative estimate of drug-likeness (QED) is 0.567. The van der Waals surface area contributed by atoms with E-state index in [2.05, 4.69) is 6.58 Å². The van der Waals surface area contributed by atoms with Crippen molar-refractivity contribution in [2.75, 3.05) is 6.54 Å². The minimum Gasteiger partial charge on any atom is -0.481 e. The molecule has 2 aromatic carbocycles. The molecule has 0 saturated carbocycles. The molecule has 29 heavy (non-hydrogen) atoms. The average molecular weight is 409 g/mol. The van der Waals surface area contributed by atoms with E-state index < -0.39 is 17.4 Å². The van der Waals surface area contributed by atoms with E-state index >= 15 is 0 Å². The van der Waals surface area contributed by atoms with Crippen LogP contribution in [0.4, 0.5) is 0 Å². The molecule has 1 amide bonds. The highest BCUT2D eigenvalue weighted by Crippen LogP contribution is 2.54. The van der Waals surface area contributed by atoms with Crippen LogP contribution in [0.3, 0.4) is 0 Å². The van der Waals surface area contributed by atoms with Gasteiger partial charge in [0, 0.05) is 17.7 Å². The van der Waals surface area contributed by atoms with E-state index in [1.165, 1.54) is 11.8 Å². The van der Waals surface area contributed by atoms with Crippen molar-refractivity contribution in [2.24, 2.45) is 11.1 Å². The SMILES string of the molecule is C=CCC1(C(=O)O)CN2C(=O)C(N)[C@H]2SC1C(c1ccccc1)c1ccccc1. The highest BCUT2D eigenvalue weighted by Gasteiger charge is 2.61. The largest absolute Gasteiger partial charge is 0.481 e. The maximum Gasteiger partial charge on any atom is 0.312 e. The van der Waals surface area contributed by atoms with Crippen molar-refractivity contribution in [3.63, 3.8) is 0 Å². The molecule has 0 bridgehead atoms. The molecule has 2 aliphatic rings. The Balaban J connectivity index is 1.87. The van der Waals surface area contributed by atoms with E-state index in [1.807, 2.05) is 60.7 Å². The number of hydrogen-bond acceptors (Lipinski definition) is 4. The summed E-state index contributed by atoms with van der Waals surface area (Å²) in [4.78, 5) is 26.6. The summed E-state index contributed by atoms with van der Waals surface area (Å²) in [5, 5.41) is 9.89. The maximum absolute atomic E-state index is 12.7. The van der Waals surface area contributed by atoms with Gasteiger partial charge in [0.2, 0.25) is 5.91 Å². The Morgan fingerprint density at radius 1 is 1.21 bits per heavy atom. The van der Waals surface area contributed by atoms with Gasteiger partial charge in [-0.15, -0.1) is 18.3 Å². The van der Waals surface area contributed by atoms with Crippen molar-refractivity contribution in [3.8, 4) is 0 Å². The molecule has 4 atom stereocenters. The summed E-state index contributed by atoms with van der Waals surface area (Å²) >= 11 is 1.52. The number of rotatable bonds is 6. The Morgan fingerprint density at radius 2 is 1.76 bits per heavy atom. The molecule has 150 valence electrons. The molecule has 0 aromatic heterocycles. The van der Waals surface area contributed by atoms with Gasteiger partial charge in [-0.2, -0.15) is 0 Å². The zero-order valence-corrected chi connectivity index (χ0v) is 16.8. The number of hydrogen-bond donors (Lipinski definition) is 2. The van der Waals surface area contributed by atoms with Crippen LogP contribution < -0.4 is 5.73 Å². The van der Waals surface area contributed by atoms with E-state index in [0.717, 1.165) is 11.1 Å². The Bertz CT molecular complexity index is 881. The number of amides is 1. The number of β-lactam (4-membered cyclic amide) rings is 1. The second-order valence-electron chi connectivity index (χ2n) is 7.69. The predicted octanol–water partition coefficient (Wildman–Crippen LogP) is 3.08. The van der Waals surface area contributed by atoms with Crippen molar-refractivity contribution in [1.82, 2.24) is 4.90 Å². The van der Waals surface area contributed by atoms with Crippen LogP contribution in [0.1, 0.15) is 23.5 Å². The first-order chi connectivity index (χ1) is 14.0. The van der Waals surface area contributed by atoms with E-state index in [1.54, 1.807) is 11.0 Å². The fourth-order valence-electron chi connectivity index (χ4n) is 4.53. The average Bonchev–Trinajstić information content (AvgIpc) is 2.75. The van der Waals surface area contributed by atoms with Gasteiger partial charge in [-0.25, -0.2) is 0 Å². The number of nitrogens with zero attached hydrogens (tertiary/aromatic N) is 1. The molecule has 2 heterocycles. The minimum absolute atomic E-state index is 0.150. The first-order valence-corrected chi connectivity index (χ1v) is 10.6. The van der Waals surface area contributed by atoms with Crippen LogP contribution in [-0.2, 0) is 9.59 Å². The van der Waals surface area contributed by atoms with E-state index in [9.17, 15) is 14.7 Å². The normalized spacial score (nSPS) is 28.6. The molecule has 3 N–H and O–H groups in total. The number of allylic oxidation sites excluding steroid dienone is 1. The number of fused-ring (bicyclic) bond motifs is 1. The van der Waals surface area contributed by atoms with Gasteiger partial charge in [-0.3, -0.25) is 9.59 Å². The molecule has 2 aliphatic heterocycles. The Morgan fingerprint density at radius 3 is 2.24 bits per heavy atom. The highest BCUT2D eigenvalue weighted by atomic mass is 32.2. The molecule has 0 aliphatic carbocycles. The second-order valence-corrected chi connectivity index (χ2v) is 8.96. The monoisotopic (exact) mass is 408 g/mol. The van der Waals surface area contributed by atoms with Crippen LogP contribution in [0.5, 0.6) is 0 Å². The van der Waals surface area contributed by atoms with E-state index in [0.29, 0.717) is 0 Å². The molecular weight excluding hydrogens is 384 g/mol. The number of thioether (sulfide) groups is 1. The lowest BCUT2D eigenvalue weighted by Gasteiger charge is -2.57. The molecule has 3 unspecified atom stereocenters. The topological polar surface area (TPSA) is 83.6 Å². The number of carbonyl (C=O) groups excluding carboxylic acids is 1. The van der Waals surface area contributed by atoms with Gasteiger partial charge in [0.15, 0.2) is 0 Å². The number of carboxylic acids is 1. The minimum atomic E-state index is -1.14. The third-order valence-electron chi connectivity index (χ3n) is 6.02. The first kappa shape index (κ1) is 19.7. The summed E-state index contributed by atoms with van der Waals surface area (Å²) in [6.45, 7) is 3.97. The summed E-state index contributed by atoms with van der Waals surface area (Å²) < 4.78 is 0. The summed E-state index contributed by atoms with van der Waals surface area (Å²) in [6.07, 6.45) is 1.93. The molecule has 2 saturated heterocycles. The Kier molecular flexibility index (Phi) is 5.23. The number of carboxylic acid groups (broad SMARTS) is 1. The summed E-state index contributed by atoms with van der Waals surface area (Å²) in [5.41, 5.74) is 7.04. The lowest BCUT2D eigenvalue weighted by Crippen LogP contribution is -2.74. The van der Waals surface area contributed by atoms with Crippen LogP contribution in [0.25, 0.3) is 0 Å². The second kappa shape index (κ2) is 7.69. The number of nitrogens with two attached hydrogens (primary N) is 1. The van der Waals surface area contributed by atoms with Crippen LogP contribution in [0.2, 0.25) is 0 Å². The van der Waals surface area contributed by atoms with Gasteiger partial charge in [0.1, 0.15) is 16.8 Å². The standard InChI is InChI=1S/C23H24N2O3S/c1-2-13-23(22(27)28)14-25-20(26)18(24)21(25)29-19(23)17(15-9-5-3-6-10-15)16-11-7-4-8-12-16/h2-12,17-19,21H,1,13-14,24H2,(H,27,28)/t18?,19?,21-,23?/m1/s1. The predicted molar refractivity (Wildman–Crippen MR) is 114 cm³/mol. The Hall–Kier alpha value is -2.57. The van der Waals surface area contributed by atoms with Crippen LogP contribution in [-0.4, -0.2) is 45.1 Å². The number of benzene rings is 2. The van der Waals surface area contributed by atoms with Gasteiger partial charge >= 0.3 is 5.97 Å². The van der Waals surface area contributed by atoms with Gasteiger partial charge in [-0.1, -0.05) is 66.7 Å². The maximum atomic E-state index is 12.7. The summed E-state index contributed by atoms with van der Waals surface area (Å²) in [6, 6.07) is 19.4. The fraction of sp³-hybridized carbons (Fsp3) is 0.304. The Labute approximate surface area is 174 Å². The van der Waals surface area contributed by atoms with Crippen molar-refractivity contribution in [1.29, 1.82) is 0 Å². The molecule has 2 fully saturated rings. The van der Waals surface area contributed by atoms with Gasteiger partial charge < -0.3 is 15.7 Å². The fourth-order valence-corrected chi connectivity index (χ4v) is 6.44. The number of aliphatic carboxylic acids is 1. The lowest BCUT2D eigenvalue weighted by atomic mass is 9.70.